The third-order valence-electron chi connectivity index (χ3n) is 2.79. The topological polar surface area (TPSA) is 74.1 Å². The van der Waals surface area contributed by atoms with E-state index in [1.807, 2.05) is 29.0 Å². The van der Waals surface area contributed by atoms with E-state index >= 15 is 0 Å². The average molecular weight is 245 g/mol. The van der Waals surface area contributed by atoms with Crippen molar-refractivity contribution in [3.63, 3.8) is 0 Å². The van der Waals surface area contributed by atoms with Crippen LogP contribution in [-0.4, -0.2) is 16.0 Å². The molecule has 0 aliphatic carbocycles. The summed E-state index contributed by atoms with van der Waals surface area (Å²) in [5, 5.41) is 10.8. The Morgan fingerprint density at radius 1 is 1.28 bits per heavy atom. The fourth-order valence-corrected chi connectivity index (χ4v) is 1.91. The van der Waals surface area contributed by atoms with Crippen molar-refractivity contribution in [2.24, 2.45) is 5.73 Å². The molecule has 2 aromatic rings. The van der Waals surface area contributed by atoms with Crippen LogP contribution in [0, 0.1) is 10.1 Å². The molecule has 0 atom stereocenters. The first-order chi connectivity index (χ1) is 8.72. The van der Waals surface area contributed by atoms with Gasteiger partial charge in [-0.1, -0.05) is 6.07 Å². The standard InChI is InChI=1S/C13H15N3O2/c14-8-2-6-11-7-3-9-15(11)12-4-1-5-13(10-12)16(17)18/h1,3-5,7,9-10H,2,6,8,14H2. The predicted octanol–water partition coefficient (Wildman–Crippen LogP) is 2.28. The van der Waals surface area contributed by atoms with Crippen molar-refractivity contribution in [3.05, 3.63) is 58.4 Å². The van der Waals surface area contributed by atoms with Crippen LogP contribution in [-0.2, 0) is 6.42 Å². The maximum absolute atomic E-state index is 10.8. The molecule has 0 radical (unpaired) electrons. The van der Waals surface area contributed by atoms with E-state index in [0.717, 1.165) is 24.2 Å². The number of nitro groups is 1. The Labute approximate surface area is 105 Å². The zero-order chi connectivity index (χ0) is 13.0. The van der Waals surface area contributed by atoms with Gasteiger partial charge in [0, 0.05) is 24.0 Å². The van der Waals surface area contributed by atoms with Gasteiger partial charge in [0.1, 0.15) is 0 Å². The van der Waals surface area contributed by atoms with Gasteiger partial charge in [-0.25, -0.2) is 0 Å². The summed E-state index contributed by atoms with van der Waals surface area (Å²) in [5.41, 5.74) is 7.52. The highest BCUT2D eigenvalue weighted by molar-refractivity contribution is 5.44. The Kier molecular flexibility index (Phi) is 3.74. The quantitative estimate of drug-likeness (QED) is 0.648. The number of non-ortho nitro benzene ring substituents is 1. The fraction of sp³-hybridized carbons (Fsp3) is 0.231. The Morgan fingerprint density at radius 3 is 2.83 bits per heavy atom. The highest BCUT2D eigenvalue weighted by atomic mass is 16.6. The number of aromatic nitrogens is 1. The number of nitrogens with two attached hydrogens (primary N) is 1. The van der Waals surface area contributed by atoms with Gasteiger partial charge in [0.05, 0.1) is 10.6 Å². The third kappa shape index (κ3) is 2.57. The van der Waals surface area contributed by atoms with Gasteiger partial charge in [-0.3, -0.25) is 10.1 Å². The smallest absolute Gasteiger partial charge is 0.271 e. The van der Waals surface area contributed by atoms with Gasteiger partial charge in [-0.15, -0.1) is 0 Å². The van der Waals surface area contributed by atoms with Crippen LogP contribution < -0.4 is 5.73 Å². The molecular weight excluding hydrogens is 230 g/mol. The molecule has 0 bridgehead atoms. The van der Waals surface area contributed by atoms with Crippen LogP contribution in [0.2, 0.25) is 0 Å². The van der Waals surface area contributed by atoms with Crippen molar-refractivity contribution in [1.82, 2.24) is 4.57 Å². The van der Waals surface area contributed by atoms with E-state index in [1.54, 1.807) is 12.1 Å². The van der Waals surface area contributed by atoms with Gasteiger partial charge >= 0.3 is 0 Å². The van der Waals surface area contributed by atoms with E-state index in [2.05, 4.69) is 0 Å². The molecule has 0 amide bonds. The number of hydrogen-bond acceptors (Lipinski definition) is 3. The van der Waals surface area contributed by atoms with Crippen LogP contribution in [0.5, 0.6) is 0 Å². The maximum atomic E-state index is 10.8. The third-order valence-corrected chi connectivity index (χ3v) is 2.79. The number of hydrogen-bond donors (Lipinski definition) is 1. The molecule has 0 fully saturated rings. The van der Waals surface area contributed by atoms with E-state index in [0.29, 0.717) is 6.54 Å². The highest BCUT2D eigenvalue weighted by Gasteiger charge is 2.08. The number of nitro benzene ring substituents is 1. The minimum Gasteiger partial charge on any atom is -0.330 e. The Balaban J connectivity index is 2.33. The zero-order valence-corrected chi connectivity index (χ0v) is 9.95. The molecule has 1 aromatic heterocycles. The molecule has 2 rings (SSSR count). The molecule has 18 heavy (non-hydrogen) atoms. The van der Waals surface area contributed by atoms with Crippen molar-refractivity contribution in [2.45, 2.75) is 12.8 Å². The van der Waals surface area contributed by atoms with E-state index < -0.39 is 0 Å². The van der Waals surface area contributed by atoms with Gasteiger partial charge in [-0.05, 0) is 37.6 Å². The lowest BCUT2D eigenvalue weighted by Crippen LogP contribution is -2.04. The lowest BCUT2D eigenvalue weighted by atomic mass is 10.2. The van der Waals surface area contributed by atoms with Crippen LogP contribution in [0.3, 0.4) is 0 Å². The lowest BCUT2D eigenvalue weighted by Gasteiger charge is -2.08. The minimum absolute atomic E-state index is 0.103. The van der Waals surface area contributed by atoms with E-state index in [-0.39, 0.29) is 10.6 Å². The first kappa shape index (κ1) is 12.3. The molecule has 94 valence electrons. The van der Waals surface area contributed by atoms with Crippen LogP contribution in [0.4, 0.5) is 5.69 Å². The summed E-state index contributed by atoms with van der Waals surface area (Å²) in [4.78, 5) is 10.4. The molecule has 0 saturated heterocycles. The molecule has 0 aliphatic heterocycles. The van der Waals surface area contributed by atoms with Crippen molar-refractivity contribution in [1.29, 1.82) is 0 Å². The van der Waals surface area contributed by atoms with Crippen LogP contribution >= 0.6 is 0 Å². The van der Waals surface area contributed by atoms with Crippen molar-refractivity contribution in [2.75, 3.05) is 6.54 Å². The second kappa shape index (κ2) is 5.46. The summed E-state index contributed by atoms with van der Waals surface area (Å²) < 4.78 is 1.96. The van der Waals surface area contributed by atoms with Gasteiger partial charge in [-0.2, -0.15) is 0 Å². The summed E-state index contributed by atoms with van der Waals surface area (Å²) in [6, 6.07) is 10.6. The van der Waals surface area contributed by atoms with E-state index in [9.17, 15) is 10.1 Å². The summed E-state index contributed by atoms with van der Waals surface area (Å²) in [5.74, 6) is 0. The minimum atomic E-state index is -0.382. The summed E-state index contributed by atoms with van der Waals surface area (Å²) >= 11 is 0. The Morgan fingerprint density at radius 2 is 2.11 bits per heavy atom. The molecule has 1 heterocycles. The van der Waals surface area contributed by atoms with Gasteiger partial charge in [0.15, 0.2) is 0 Å². The first-order valence-corrected chi connectivity index (χ1v) is 5.83. The molecule has 5 nitrogen and oxygen atoms in total. The van der Waals surface area contributed by atoms with Crippen molar-refractivity contribution < 1.29 is 4.92 Å². The number of aryl methyl sites for hydroxylation is 1. The molecule has 0 spiro atoms. The number of rotatable bonds is 5. The molecule has 5 heteroatoms. The summed E-state index contributed by atoms with van der Waals surface area (Å²) in [7, 11) is 0. The second-order valence-corrected chi connectivity index (χ2v) is 4.04. The Bertz CT molecular complexity index is 549. The second-order valence-electron chi connectivity index (χ2n) is 4.04. The SMILES string of the molecule is NCCCc1cccn1-c1cccc([N+](=O)[O-])c1. The maximum Gasteiger partial charge on any atom is 0.271 e. The molecule has 2 N–H and O–H groups in total. The molecule has 0 unspecified atom stereocenters. The van der Waals surface area contributed by atoms with Crippen molar-refractivity contribution >= 4 is 5.69 Å². The van der Waals surface area contributed by atoms with Crippen LogP contribution in [0.15, 0.2) is 42.6 Å². The monoisotopic (exact) mass is 245 g/mol. The van der Waals surface area contributed by atoms with Gasteiger partial charge in [0.25, 0.3) is 5.69 Å². The van der Waals surface area contributed by atoms with Gasteiger partial charge in [0.2, 0.25) is 0 Å². The normalized spacial score (nSPS) is 10.5. The molecule has 0 saturated carbocycles. The highest BCUT2D eigenvalue weighted by Crippen LogP contribution is 2.19. The van der Waals surface area contributed by atoms with E-state index in [1.165, 1.54) is 6.07 Å². The van der Waals surface area contributed by atoms with Crippen LogP contribution in [0.25, 0.3) is 5.69 Å². The number of nitrogens with zero attached hydrogens (tertiary/aromatic N) is 2. The van der Waals surface area contributed by atoms with Crippen LogP contribution in [0.1, 0.15) is 12.1 Å². The summed E-state index contributed by atoms with van der Waals surface area (Å²) in [6.45, 7) is 0.639. The lowest BCUT2D eigenvalue weighted by molar-refractivity contribution is -0.384. The average Bonchev–Trinajstić information content (AvgIpc) is 2.84. The van der Waals surface area contributed by atoms with E-state index in [4.69, 9.17) is 5.73 Å². The first-order valence-electron chi connectivity index (χ1n) is 5.83. The largest absolute Gasteiger partial charge is 0.330 e. The van der Waals surface area contributed by atoms with Gasteiger partial charge < -0.3 is 10.3 Å². The molecule has 0 aliphatic rings. The fourth-order valence-electron chi connectivity index (χ4n) is 1.91. The predicted molar refractivity (Wildman–Crippen MR) is 69.8 cm³/mol. The zero-order valence-electron chi connectivity index (χ0n) is 9.95. The van der Waals surface area contributed by atoms with Crippen molar-refractivity contribution in [3.8, 4) is 5.69 Å². The molecule has 1 aromatic carbocycles. The Hall–Kier alpha value is -2.14. The summed E-state index contributed by atoms with van der Waals surface area (Å²) in [6.07, 6.45) is 3.68. The number of benzene rings is 1. The molecular formula is C13H15N3O2.